The van der Waals surface area contributed by atoms with Crippen molar-refractivity contribution in [1.82, 2.24) is 4.98 Å². The molecule has 1 aromatic heterocycles. The quantitative estimate of drug-likeness (QED) is 0.783. The summed E-state index contributed by atoms with van der Waals surface area (Å²) in [6.45, 7) is 5.75. The third-order valence-corrected chi connectivity index (χ3v) is 2.72. The molecule has 1 heterocycles. The Morgan fingerprint density at radius 3 is 2.78 bits per heavy atom. The second kappa shape index (κ2) is 6.68. The molecular weight excluding hydrogens is 303 g/mol. The number of esters is 1. The van der Waals surface area contributed by atoms with Gasteiger partial charge in [-0.25, -0.2) is 9.37 Å². The molecule has 0 saturated carbocycles. The number of rotatable bonds is 5. The first-order valence-corrected chi connectivity index (χ1v) is 6.48. The monoisotopic (exact) mass is 318 g/mol. The number of aromatic nitrogens is 1. The fourth-order valence-corrected chi connectivity index (χ4v) is 1.77. The van der Waals surface area contributed by atoms with Crippen LogP contribution in [0.1, 0.15) is 20.8 Å². The zero-order chi connectivity index (χ0) is 13.7. The lowest BCUT2D eigenvalue weighted by Gasteiger charge is -2.27. The molecule has 0 saturated heterocycles. The lowest BCUT2D eigenvalue weighted by atomic mass is 10.3. The van der Waals surface area contributed by atoms with Gasteiger partial charge in [-0.05, 0) is 42.8 Å². The molecule has 0 fully saturated rings. The van der Waals surface area contributed by atoms with Gasteiger partial charge in [0.05, 0.1) is 6.61 Å². The van der Waals surface area contributed by atoms with E-state index in [-0.39, 0.29) is 18.4 Å². The third kappa shape index (κ3) is 3.94. The van der Waals surface area contributed by atoms with Crippen LogP contribution in [-0.4, -0.2) is 30.1 Å². The van der Waals surface area contributed by atoms with Crippen LogP contribution in [0.25, 0.3) is 0 Å². The van der Waals surface area contributed by atoms with Gasteiger partial charge in [0.2, 0.25) is 0 Å². The van der Waals surface area contributed by atoms with Gasteiger partial charge in [-0.15, -0.1) is 0 Å². The molecule has 1 rings (SSSR count). The van der Waals surface area contributed by atoms with Crippen molar-refractivity contribution in [2.24, 2.45) is 0 Å². The number of hydrogen-bond acceptors (Lipinski definition) is 4. The van der Waals surface area contributed by atoms with E-state index in [0.717, 1.165) is 0 Å². The number of ether oxygens (including phenoxy) is 1. The van der Waals surface area contributed by atoms with Crippen molar-refractivity contribution in [1.29, 1.82) is 0 Å². The predicted molar refractivity (Wildman–Crippen MR) is 71.0 cm³/mol. The highest BCUT2D eigenvalue weighted by atomic mass is 79.9. The van der Waals surface area contributed by atoms with Gasteiger partial charge in [-0.3, -0.25) is 4.79 Å². The zero-order valence-corrected chi connectivity index (χ0v) is 12.2. The molecular formula is C12H16BrFN2O2. The lowest BCUT2D eigenvalue weighted by Crippen LogP contribution is -2.37. The standard InChI is InChI=1S/C12H16BrFN2O2/c1-4-18-11(17)7-16(8(2)3)12-10(14)5-9(13)6-15-12/h5-6,8H,4,7H2,1-3H3. The molecule has 0 aliphatic carbocycles. The summed E-state index contributed by atoms with van der Waals surface area (Å²) in [7, 11) is 0. The van der Waals surface area contributed by atoms with Crippen molar-refractivity contribution in [2.45, 2.75) is 26.8 Å². The highest BCUT2D eigenvalue weighted by molar-refractivity contribution is 9.10. The van der Waals surface area contributed by atoms with E-state index < -0.39 is 11.8 Å². The molecule has 0 amide bonds. The topological polar surface area (TPSA) is 42.4 Å². The average molecular weight is 319 g/mol. The van der Waals surface area contributed by atoms with Crippen LogP contribution in [-0.2, 0) is 9.53 Å². The highest BCUT2D eigenvalue weighted by Gasteiger charge is 2.20. The Balaban J connectivity index is 2.94. The summed E-state index contributed by atoms with van der Waals surface area (Å²) >= 11 is 3.15. The third-order valence-electron chi connectivity index (χ3n) is 2.29. The van der Waals surface area contributed by atoms with E-state index in [9.17, 15) is 9.18 Å². The van der Waals surface area contributed by atoms with Crippen molar-refractivity contribution in [3.8, 4) is 0 Å². The zero-order valence-electron chi connectivity index (χ0n) is 10.6. The molecule has 100 valence electrons. The van der Waals surface area contributed by atoms with Crippen LogP contribution in [0.5, 0.6) is 0 Å². The van der Waals surface area contributed by atoms with E-state index in [0.29, 0.717) is 11.1 Å². The van der Waals surface area contributed by atoms with E-state index in [2.05, 4.69) is 20.9 Å². The normalized spacial score (nSPS) is 10.6. The molecule has 6 heteroatoms. The van der Waals surface area contributed by atoms with Crippen LogP contribution in [0.3, 0.4) is 0 Å². The first-order valence-electron chi connectivity index (χ1n) is 5.69. The summed E-state index contributed by atoms with van der Waals surface area (Å²) in [4.78, 5) is 17.1. The number of hydrogen-bond donors (Lipinski definition) is 0. The summed E-state index contributed by atoms with van der Waals surface area (Å²) in [5.74, 6) is -0.709. The Morgan fingerprint density at radius 1 is 1.61 bits per heavy atom. The molecule has 0 unspecified atom stereocenters. The minimum absolute atomic E-state index is 0.0168. The van der Waals surface area contributed by atoms with Crippen LogP contribution < -0.4 is 4.90 Å². The van der Waals surface area contributed by atoms with Gasteiger partial charge in [0.25, 0.3) is 0 Å². The van der Waals surface area contributed by atoms with Gasteiger partial charge in [-0.1, -0.05) is 0 Å². The maximum atomic E-state index is 13.8. The minimum atomic E-state index is -0.470. The highest BCUT2D eigenvalue weighted by Crippen LogP contribution is 2.21. The van der Waals surface area contributed by atoms with Gasteiger partial charge in [-0.2, -0.15) is 0 Å². The summed E-state index contributed by atoms with van der Waals surface area (Å²) in [6, 6.07) is 1.26. The number of halogens is 2. The van der Waals surface area contributed by atoms with Gasteiger partial charge >= 0.3 is 5.97 Å². The molecule has 0 aliphatic heterocycles. The molecule has 0 bridgehead atoms. The van der Waals surface area contributed by atoms with Crippen LogP contribution in [0.15, 0.2) is 16.7 Å². The van der Waals surface area contributed by atoms with Crippen LogP contribution in [0.4, 0.5) is 10.2 Å². The Kier molecular flexibility index (Phi) is 5.53. The van der Waals surface area contributed by atoms with Crippen molar-refractivity contribution in [3.63, 3.8) is 0 Å². The second-order valence-electron chi connectivity index (χ2n) is 3.99. The van der Waals surface area contributed by atoms with Gasteiger partial charge < -0.3 is 9.64 Å². The minimum Gasteiger partial charge on any atom is -0.465 e. The Morgan fingerprint density at radius 2 is 2.28 bits per heavy atom. The maximum Gasteiger partial charge on any atom is 0.325 e. The van der Waals surface area contributed by atoms with Crippen molar-refractivity contribution in [2.75, 3.05) is 18.1 Å². The number of nitrogens with zero attached hydrogens (tertiary/aromatic N) is 2. The number of pyridine rings is 1. The first kappa shape index (κ1) is 14.9. The van der Waals surface area contributed by atoms with Crippen LogP contribution in [0.2, 0.25) is 0 Å². The van der Waals surface area contributed by atoms with E-state index >= 15 is 0 Å². The summed E-state index contributed by atoms with van der Waals surface area (Å²) in [6.07, 6.45) is 1.50. The Hall–Kier alpha value is -1.17. The average Bonchev–Trinajstić information content (AvgIpc) is 2.27. The molecule has 1 aromatic rings. The fourth-order valence-electron chi connectivity index (χ4n) is 1.47. The molecule has 0 N–H and O–H groups in total. The number of anilines is 1. The summed E-state index contributed by atoms with van der Waals surface area (Å²) in [5.41, 5.74) is 0. The second-order valence-corrected chi connectivity index (χ2v) is 4.90. The Bertz CT molecular complexity index is 427. The van der Waals surface area contributed by atoms with Crippen LogP contribution in [0, 0.1) is 5.82 Å². The molecule has 0 aromatic carbocycles. The van der Waals surface area contributed by atoms with Crippen molar-refractivity contribution >= 4 is 27.7 Å². The van der Waals surface area contributed by atoms with Gasteiger partial charge in [0.1, 0.15) is 6.54 Å². The lowest BCUT2D eigenvalue weighted by molar-refractivity contribution is -0.141. The van der Waals surface area contributed by atoms with Gasteiger partial charge in [0.15, 0.2) is 11.6 Å². The van der Waals surface area contributed by atoms with E-state index in [1.807, 2.05) is 13.8 Å². The first-order chi connectivity index (χ1) is 8.45. The molecule has 0 atom stereocenters. The van der Waals surface area contributed by atoms with Crippen LogP contribution >= 0.6 is 15.9 Å². The Labute approximate surface area is 114 Å². The number of carbonyl (C=O) groups excluding carboxylic acids is 1. The van der Waals surface area contributed by atoms with Gasteiger partial charge in [0, 0.05) is 16.7 Å². The van der Waals surface area contributed by atoms with E-state index in [1.165, 1.54) is 12.3 Å². The smallest absolute Gasteiger partial charge is 0.325 e. The fraction of sp³-hybridized carbons (Fsp3) is 0.500. The molecule has 0 radical (unpaired) electrons. The predicted octanol–water partition coefficient (Wildman–Crippen LogP) is 2.76. The SMILES string of the molecule is CCOC(=O)CN(c1ncc(Br)cc1F)C(C)C. The van der Waals surface area contributed by atoms with E-state index in [1.54, 1.807) is 11.8 Å². The summed E-state index contributed by atoms with van der Waals surface area (Å²) in [5, 5.41) is 0. The van der Waals surface area contributed by atoms with Crippen molar-refractivity contribution in [3.05, 3.63) is 22.6 Å². The molecule has 18 heavy (non-hydrogen) atoms. The largest absolute Gasteiger partial charge is 0.465 e. The number of carbonyl (C=O) groups is 1. The molecule has 4 nitrogen and oxygen atoms in total. The summed E-state index contributed by atoms with van der Waals surface area (Å²) < 4.78 is 19.2. The van der Waals surface area contributed by atoms with E-state index in [4.69, 9.17) is 4.74 Å². The van der Waals surface area contributed by atoms with Crippen molar-refractivity contribution < 1.29 is 13.9 Å². The molecule has 0 spiro atoms. The maximum absolute atomic E-state index is 13.8. The molecule has 0 aliphatic rings.